The predicted octanol–water partition coefficient (Wildman–Crippen LogP) is -0.122. The molecule has 28 heavy (non-hydrogen) atoms. The number of carbonyl (C=O) groups excluding carboxylic acids is 4. The monoisotopic (exact) mass is 386 g/mol. The van der Waals surface area contributed by atoms with E-state index in [0.717, 1.165) is 24.4 Å². The zero-order valence-electron chi connectivity index (χ0n) is 15.3. The summed E-state index contributed by atoms with van der Waals surface area (Å²) in [6.07, 6.45) is 1.50. The molecule has 3 N–H and O–H groups in total. The molecule has 3 heterocycles. The molecule has 0 bridgehead atoms. The Balaban J connectivity index is 1.40. The van der Waals surface area contributed by atoms with Crippen LogP contribution in [0.2, 0.25) is 0 Å². The summed E-state index contributed by atoms with van der Waals surface area (Å²) >= 11 is 0. The topological polar surface area (TPSA) is 117 Å². The van der Waals surface area contributed by atoms with Gasteiger partial charge in [-0.1, -0.05) is 0 Å². The zero-order valence-corrected chi connectivity index (χ0v) is 15.3. The van der Waals surface area contributed by atoms with Crippen molar-refractivity contribution < 1.29 is 23.9 Å². The first-order chi connectivity index (χ1) is 13.5. The maximum Gasteiger partial charge on any atom is 0.262 e. The summed E-state index contributed by atoms with van der Waals surface area (Å²) in [7, 11) is 0. The summed E-state index contributed by atoms with van der Waals surface area (Å²) in [5.74, 6) is -2.01. The third kappa shape index (κ3) is 3.50. The van der Waals surface area contributed by atoms with E-state index in [2.05, 4.69) is 16.0 Å². The number of imide groups is 2. The lowest BCUT2D eigenvalue weighted by Crippen LogP contribution is -2.54. The van der Waals surface area contributed by atoms with Crippen molar-refractivity contribution in [3.8, 4) is 0 Å². The Labute approximate surface area is 161 Å². The number of anilines is 1. The van der Waals surface area contributed by atoms with Gasteiger partial charge in [0.1, 0.15) is 6.04 Å². The number of hydrogen-bond acceptors (Lipinski definition) is 7. The lowest BCUT2D eigenvalue weighted by Gasteiger charge is -2.27. The Hall–Kier alpha value is -2.78. The molecule has 0 saturated carbocycles. The quantitative estimate of drug-likeness (QED) is 0.461. The number of fused-ring (bicyclic) bond motifs is 1. The number of nitrogens with one attached hydrogen (secondary N) is 3. The SMILES string of the molecule is O=C1CCC(N2C(=O)c3ccc(NCCOC4CCNC4)cc3C2=O)C(=O)N1. The van der Waals surface area contributed by atoms with Gasteiger partial charge in [-0.15, -0.1) is 0 Å². The molecule has 1 aromatic rings. The molecule has 0 aliphatic carbocycles. The van der Waals surface area contributed by atoms with Crippen molar-refractivity contribution in [2.75, 3.05) is 31.6 Å². The summed E-state index contributed by atoms with van der Waals surface area (Å²) in [6, 6.07) is 3.99. The van der Waals surface area contributed by atoms with Gasteiger partial charge in [-0.25, -0.2) is 0 Å². The largest absolute Gasteiger partial charge is 0.383 e. The fourth-order valence-corrected chi connectivity index (χ4v) is 3.77. The van der Waals surface area contributed by atoms with E-state index >= 15 is 0 Å². The number of rotatable bonds is 6. The van der Waals surface area contributed by atoms with Crippen molar-refractivity contribution >= 4 is 29.3 Å². The number of piperidine rings is 1. The Morgan fingerprint density at radius 2 is 1.93 bits per heavy atom. The molecule has 148 valence electrons. The van der Waals surface area contributed by atoms with Gasteiger partial charge in [0.2, 0.25) is 11.8 Å². The molecule has 9 nitrogen and oxygen atoms in total. The van der Waals surface area contributed by atoms with Crippen LogP contribution in [0.1, 0.15) is 40.0 Å². The second-order valence-corrected chi connectivity index (χ2v) is 7.12. The number of hydrogen-bond donors (Lipinski definition) is 3. The zero-order chi connectivity index (χ0) is 19.7. The van der Waals surface area contributed by atoms with Gasteiger partial charge in [0, 0.05) is 25.2 Å². The van der Waals surface area contributed by atoms with Crippen LogP contribution in [-0.2, 0) is 14.3 Å². The van der Waals surface area contributed by atoms with Crippen molar-refractivity contribution in [3.63, 3.8) is 0 Å². The van der Waals surface area contributed by atoms with Crippen LogP contribution < -0.4 is 16.0 Å². The van der Waals surface area contributed by atoms with E-state index in [1.54, 1.807) is 18.2 Å². The molecule has 4 amide bonds. The van der Waals surface area contributed by atoms with Gasteiger partial charge in [-0.05, 0) is 37.6 Å². The Morgan fingerprint density at radius 1 is 1.11 bits per heavy atom. The van der Waals surface area contributed by atoms with Crippen molar-refractivity contribution in [1.82, 2.24) is 15.5 Å². The second-order valence-electron chi connectivity index (χ2n) is 7.12. The smallest absolute Gasteiger partial charge is 0.262 e. The van der Waals surface area contributed by atoms with Crippen LogP contribution in [-0.4, -0.2) is 66.9 Å². The van der Waals surface area contributed by atoms with Crippen molar-refractivity contribution in [2.24, 2.45) is 0 Å². The van der Waals surface area contributed by atoms with E-state index in [-0.39, 0.29) is 36.0 Å². The van der Waals surface area contributed by atoms with E-state index in [9.17, 15) is 19.2 Å². The molecule has 1 aromatic carbocycles. The van der Waals surface area contributed by atoms with Crippen molar-refractivity contribution in [1.29, 1.82) is 0 Å². The van der Waals surface area contributed by atoms with Crippen LogP contribution in [0.5, 0.6) is 0 Å². The average Bonchev–Trinajstić information content (AvgIpc) is 3.27. The number of amides is 4. The first kappa shape index (κ1) is 18.6. The molecular formula is C19H22N4O5. The van der Waals surface area contributed by atoms with Crippen molar-refractivity contribution in [3.05, 3.63) is 29.3 Å². The summed E-state index contributed by atoms with van der Waals surface area (Å²) < 4.78 is 5.75. The molecule has 2 saturated heterocycles. The molecule has 3 aliphatic rings. The highest BCUT2D eigenvalue weighted by Gasteiger charge is 2.44. The Kier molecular flexibility index (Phi) is 5.10. The molecule has 0 aromatic heterocycles. The fourth-order valence-electron chi connectivity index (χ4n) is 3.77. The highest BCUT2D eigenvalue weighted by atomic mass is 16.5. The van der Waals surface area contributed by atoms with Gasteiger partial charge in [-0.3, -0.25) is 29.4 Å². The summed E-state index contributed by atoms with van der Waals surface area (Å²) in [4.78, 5) is 49.8. The molecular weight excluding hydrogens is 364 g/mol. The van der Waals surface area contributed by atoms with Gasteiger partial charge in [-0.2, -0.15) is 0 Å². The summed E-state index contributed by atoms with van der Waals surface area (Å²) in [6.45, 7) is 2.96. The molecule has 2 fully saturated rings. The fraction of sp³-hybridized carbons (Fsp3) is 0.474. The lowest BCUT2D eigenvalue weighted by molar-refractivity contribution is -0.136. The normalized spacial score (nSPS) is 24.5. The summed E-state index contributed by atoms with van der Waals surface area (Å²) in [5.41, 5.74) is 1.24. The molecule has 4 rings (SSSR count). The van der Waals surface area contributed by atoms with Crippen LogP contribution in [0, 0.1) is 0 Å². The first-order valence-corrected chi connectivity index (χ1v) is 9.46. The maximum absolute atomic E-state index is 12.8. The van der Waals surface area contributed by atoms with Gasteiger partial charge < -0.3 is 15.4 Å². The third-order valence-corrected chi connectivity index (χ3v) is 5.24. The number of benzene rings is 1. The van der Waals surface area contributed by atoms with E-state index in [1.165, 1.54) is 0 Å². The predicted molar refractivity (Wildman–Crippen MR) is 98.8 cm³/mol. The van der Waals surface area contributed by atoms with Gasteiger partial charge in [0.05, 0.1) is 23.8 Å². The van der Waals surface area contributed by atoms with E-state index < -0.39 is 23.8 Å². The molecule has 2 unspecified atom stereocenters. The lowest BCUT2D eigenvalue weighted by atomic mass is 10.0. The third-order valence-electron chi connectivity index (χ3n) is 5.24. The van der Waals surface area contributed by atoms with Crippen LogP contribution >= 0.6 is 0 Å². The Morgan fingerprint density at radius 3 is 2.68 bits per heavy atom. The number of ether oxygens (including phenoxy) is 1. The minimum Gasteiger partial charge on any atom is -0.383 e. The van der Waals surface area contributed by atoms with Crippen LogP contribution in [0.3, 0.4) is 0 Å². The standard InChI is InChI=1S/C19H22N4O5/c24-16-4-3-15(17(25)22-16)23-18(26)13-2-1-11(9-14(13)19(23)27)21-7-8-28-12-5-6-20-10-12/h1-2,9,12,15,20-21H,3-8,10H2,(H,22,24,25). The molecule has 0 spiro atoms. The van der Waals surface area contributed by atoms with E-state index in [4.69, 9.17) is 4.74 Å². The van der Waals surface area contributed by atoms with Gasteiger partial charge in [0.15, 0.2) is 0 Å². The van der Waals surface area contributed by atoms with E-state index in [0.29, 0.717) is 18.8 Å². The highest BCUT2D eigenvalue weighted by Crippen LogP contribution is 2.29. The average molecular weight is 386 g/mol. The molecule has 0 radical (unpaired) electrons. The minimum atomic E-state index is -0.949. The molecule has 3 aliphatic heterocycles. The second kappa shape index (κ2) is 7.69. The van der Waals surface area contributed by atoms with Crippen LogP contribution in [0.15, 0.2) is 18.2 Å². The minimum absolute atomic E-state index is 0.104. The first-order valence-electron chi connectivity index (χ1n) is 9.46. The van der Waals surface area contributed by atoms with Gasteiger partial charge in [0.25, 0.3) is 11.8 Å². The summed E-state index contributed by atoms with van der Waals surface area (Å²) in [5, 5.41) is 8.62. The van der Waals surface area contributed by atoms with E-state index in [1.807, 2.05) is 0 Å². The molecule has 9 heteroatoms. The highest BCUT2D eigenvalue weighted by molar-refractivity contribution is 6.23. The molecule has 2 atom stereocenters. The maximum atomic E-state index is 12.8. The number of nitrogens with zero attached hydrogens (tertiary/aromatic N) is 1. The Bertz CT molecular complexity index is 834. The van der Waals surface area contributed by atoms with Crippen LogP contribution in [0.4, 0.5) is 5.69 Å². The van der Waals surface area contributed by atoms with Crippen LogP contribution in [0.25, 0.3) is 0 Å². The van der Waals surface area contributed by atoms with Gasteiger partial charge >= 0.3 is 0 Å². The van der Waals surface area contributed by atoms with Crippen molar-refractivity contribution in [2.45, 2.75) is 31.4 Å². The number of carbonyl (C=O) groups is 4.